The first-order valence-electron chi connectivity index (χ1n) is 26.5. The summed E-state index contributed by atoms with van der Waals surface area (Å²) >= 11 is 0. The van der Waals surface area contributed by atoms with Gasteiger partial charge in [-0.3, -0.25) is 14.4 Å². The highest BCUT2D eigenvalue weighted by Crippen LogP contribution is 2.16. The van der Waals surface area contributed by atoms with Gasteiger partial charge in [0, 0.05) is 19.3 Å². The molecular weight excluding hydrogens is 757 g/mol. The molecule has 0 radical (unpaired) electrons. The van der Waals surface area contributed by atoms with Crippen molar-refractivity contribution in [3.63, 3.8) is 0 Å². The number of esters is 3. The van der Waals surface area contributed by atoms with E-state index in [1.54, 1.807) is 0 Å². The fourth-order valence-electron chi connectivity index (χ4n) is 7.63. The predicted molar refractivity (Wildman–Crippen MR) is 261 cm³/mol. The summed E-state index contributed by atoms with van der Waals surface area (Å²) in [5, 5.41) is 0. The van der Waals surface area contributed by atoms with Gasteiger partial charge in [0.15, 0.2) is 6.10 Å². The number of carbonyl (C=O) groups excluding carboxylic acids is 3. The molecule has 0 saturated heterocycles. The largest absolute Gasteiger partial charge is 0.462 e. The second kappa shape index (κ2) is 50.3. The number of rotatable bonds is 48. The molecule has 356 valence electrons. The van der Waals surface area contributed by atoms with Gasteiger partial charge in [0.2, 0.25) is 0 Å². The molecule has 6 heteroatoms. The summed E-state index contributed by atoms with van der Waals surface area (Å²) in [5.74, 6) is -0.878. The van der Waals surface area contributed by atoms with Crippen LogP contribution >= 0.6 is 0 Å². The van der Waals surface area contributed by atoms with Crippen molar-refractivity contribution >= 4 is 17.9 Å². The van der Waals surface area contributed by atoms with E-state index in [4.69, 9.17) is 14.2 Å². The van der Waals surface area contributed by atoms with Crippen LogP contribution in [0.4, 0.5) is 0 Å². The highest BCUT2D eigenvalue weighted by atomic mass is 16.6. The third-order valence-electron chi connectivity index (χ3n) is 11.6. The Balaban J connectivity index is 4.15. The zero-order valence-electron chi connectivity index (χ0n) is 40.7. The Morgan fingerprint density at radius 3 is 0.918 bits per heavy atom. The molecule has 1 unspecified atom stereocenters. The van der Waals surface area contributed by atoms with Gasteiger partial charge < -0.3 is 14.2 Å². The van der Waals surface area contributed by atoms with Gasteiger partial charge in [-0.2, -0.15) is 0 Å². The van der Waals surface area contributed by atoms with Gasteiger partial charge in [-0.15, -0.1) is 0 Å². The first kappa shape index (κ1) is 58.6. The van der Waals surface area contributed by atoms with E-state index < -0.39 is 6.10 Å². The second-order valence-corrected chi connectivity index (χ2v) is 17.8. The van der Waals surface area contributed by atoms with Crippen LogP contribution in [0.15, 0.2) is 36.5 Å². The van der Waals surface area contributed by atoms with Crippen LogP contribution in [-0.2, 0) is 28.6 Å². The van der Waals surface area contributed by atoms with E-state index in [1.807, 2.05) is 0 Å². The van der Waals surface area contributed by atoms with E-state index in [2.05, 4.69) is 57.2 Å². The highest BCUT2D eigenvalue weighted by molar-refractivity contribution is 5.71. The van der Waals surface area contributed by atoms with Crippen molar-refractivity contribution in [1.29, 1.82) is 0 Å². The molecule has 0 aromatic rings. The average Bonchev–Trinajstić information content (AvgIpc) is 3.26. The fraction of sp³-hybridized carbons (Fsp3) is 0.836. The maximum atomic E-state index is 12.7. The molecule has 0 fully saturated rings. The van der Waals surface area contributed by atoms with Crippen molar-refractivity contribution in [2.45, 2.75) is 284 Å². The normalized spacial score (nSPS) is 12.2. The summed E-state index contributed by atoms with van der Waals surface area (Å²) in [4.78, 5) is 37.7. The lowest BCUT2D eigenvalue weighted by molar-refractivity contribution is -0.167. The van der Waals surface area contributed by atoms with Crippen molar-refractivity contribution < 1.29 is 28.6 Å². The van der Waals surface area contributed by atoms with Crippen LogP contribution in [0.1, 0.15) is 278 Å². The monoisotopic (exact) mass is 857 g/mol. The molecule has 0 aliphatic carbocycles. The van der Waals surface area contributed by atoms with Crippen LogP contribution in [0, 0.1) is 0 Å². The Hall–Kier alpha value is -2.37. The van der Waals surface area contributed by atoms with Gasteiger partial charge in [-0.25, -0.2) is 0 Å². The van der Waals surface area contributed by atoms with Crippen molar-refractivity contribution in [2.75, 3.05) is 13.2 Å². The third kappa shape index (κ3) is 48.5. The van der Waals surface area contributed by atoms with E-state index in [1.165, 1.54) is 161 Å². The minimum Gasteiger partial charge on any atom is -0.462 e. The summed E-state index contributed by atoms with van der Waals surface area (Å²) < 4.78 is 16.7. The quantitative estimate of drug-likeness (QED) is 0.0262. The van der Waals surface area contributed by atoms with Crippen LogP contribution in [0.3, 0.4) is 0 Å². The van der Waals surface area contributed by atoms with Gasteiger partial charge in [0.05, 0.1) is 0 Å². The third-order valence-corrected chi connectivity index (χ3v) is 11.6. The lowest BCUT2D eigenvalue weighted by atomic mass is 10.0. The zero-order chi connectivity index (χ0) is 44.4. The van der Waals surface area contributed by atoms with Crippen molar-refractivity contribution in [3.8, 4) is 0 Å². The lowest BCUT2D eigenvalue weighted by Gasteiger charge is -2.18. The SMILES string of the molecule is CCCCCCC/C=C\C/C=C\C/C=C\CCCCCCCCCCC(=O)OCC(COC(=O)CCCCCCCC)OC(=O)CCCCCCCCCCCCCCCC. The molecule has 0 bridgehead atoms. The molecule has 0 amide bonds. The van der Waals surface area contributed by atoms with E-state index >= 15 is 0 Å². The second-order valence-electron chi connectivity index (χ2n) is 17.8. The van der Waals surface area contributed by atoms with E-state index in [9.17, 15) is 14.4 Å². The fourth-order valence-corrected chi connectivity index (χ4v) is 7.63. The van der Waals surface area contributed by atoms with E-state index in [0.29, 0.717) is 19.3 Å². The molecule has 0 aromatic carbocycles. The molecule has 1 atom stereocenters. The number of carbonyl (C=O) groups is 3. The standard InChI is InChI=1S/C55H100O6/c1-4-7-10-13-16-18-20-22-24-25-26-27-28-29-30-31-32-34-35-37-39-42-45-48-54(57)60-51-52(50-59-53(56)47-44-41-15-12-9-6-3)61-55(58)49-46-43-40-38-36-33-23-21-19-17-14-11-8-5-2/h20,22,25-26,28-29,52H,4-19,21,23-24,27,30-51H2,1-3H3/b22-20-,26-25-,29-28-. The van der Waals surface area contributed by atoms with Crippen molar-refractivity contribution in [1.82, 2.24) is 0 Å². The molecule has 0 N–H and O–H groups in total. The maximum Gasteiger partial charge on any atom is 0.306 e. The molecule has 0 rings (SSSR count). The van der Waals surface area contributed by atoms with Crippen LogP contribution < -0.4 is 0 Å². The van der Waals surface area contributed by atoms with Gasteiger partial charge >= 0.3 is 17.9 Å². The molecular formula is C55H100O6. The van der Waals surface area contributed by atoms with Crippen LogP contribution in [0.25, 0.3) is 0 Å². The summed E-state index contributed by atoms with van der Waals surface area (Å²) in [6.07, 6.45) is 58.7. The maximum absolute atomic E-state index is 12.7. The van der Waals surface area contributed by atoms with Gasteiger partial charge in [0.25, 0.3) is 0 Å². The number of hydrogen-bond donors (Lipinski definition) is 0. The van der Waals surface area contributed by atoms with Crippen LogP contribution in [0.5, 0.6) is 0 Å². The predicted octanol–water partition coefficient (Wildman–Crippen LogP) is 17.3. The van der Waals surface area contributed by atoms with Crippen LogP contribution in [0.2, 0.25) is 0 Å². The van der Waals surface area contributed by atoms with E-state index in [0.717, 1.165) is 77.0 Å². The van der Waals surface area contributed by atoms with E-state index in [-0.39, 0.29) is 31.1 Å². The first-order chi connectivity index (χ1) is 30.0. The van der Waals surface area contributed by atoms with Crippen molar-refractivity contribution in [3.05, 3.63) is 36.5 Å². The Morgan fingerprint density at radius 2 is 0.590 bits per heavy atom. The number of hydrogen-bond acceptors (Lipinski definition) is 6. The Labute approximate surface area is 378 Å². The molecule has 6 nitrogen and oxygen atoms in total. The molecule has 0 aromatic heterocycles. The van der Waals surface area contributed by atoms with Gasteiger partial charge in [0.1, 0.15) is 13.2 Å². The molecule has 0 aliphatic heterocycles. The van der Waals surface area contributed by atoms with Crippen molar-refractivity contribution in [2.24, 2.45) is 0 Å². The summed E-state index contributed by atoms with van der Waals surface area (Å²) in [6, 6.07) is 0. The lowest BCUT2D eigenvalue weighted by Crippen LogP contribution is -2.30. The molecule has 0 saturated carbocycles. The minimum absolute atomic E-state index is 0.0719. The number of ether oxygens (including phenoxy) is 3. The minimum atomic E-state index is -0.768. The number of unbranched alkanes of at least 4 members (excludes halogenated alkanes) is 31. The summed E-state index contributed by atoms with van der Waals surface area (Å²) in [5.41, 5.74) is 0. The van der Waals surface area contributed by atoms with Crippen LogP contribution in [-0.4, -0.2) is 37.2 Å². The van der Waals surface area contributed by atoms with Gasteiger partial charge in [-0.05, 0) is 57.8 Å². The number of allylic oxidation sites excluding steroid dienone is 6. The summed E-state index contributed by atoms with van der Waals surface area (Å²) in [6.45, 7) is 6.58. The Kier molecular flexibility index (Phi) is 48.3. The zero-order valence-corrected chi connectivity index (χ0v) is 40.7. The highest BCUT2D eigenvalue weighted by Gasteiger charge is 2.19. The summed E-state index contributed by atoms with van der Waals surface area (Å²) in [7, 11) is 0. The average molecular weight is 857 g/mol. The smallest absolute Gasteiger partial charge is 0.306 e. The molecule has 0 spiro atoms. The topological polar surface area (TPSA) is 78.9 Å². The molecule has 61 heavy (non-hydrogen) atoms. The molecule has 0 aliphatic rings. The van der Waals surface area contributed by atoms with Gasteiger partial charge in [-0.1, -0.05) is 237 Å². The Morgan fingerprint density at radius 1 is 0.328 bits per heavy atom. The first-order valence-corrected chi connectivity index (χ1v) is 26.5. The Bertz CT molecular complexity index is 1030. The molecule has 0 heterocycles.